The topological polar surface area (TPSA) is 123 Å². The highest BCUT2D eigenvalue weighted by Gasteiger charge is 2.16. The maximum atomic E-state index is 13.2. The molecule has 4 N–H and O–H groups in total. The Morgan fingerprint density at radius 1 is 0.915 bits per heavy atom. The molecule has 0 aliphatic heterocycles. The monoisotopic (exact) mass is 624 g/mol. The molecule has 1 aromatic heterocycles. The quantitative estimate of drug-likeness (QED) is 0.0821. The molecule has 0 saturated heterocycles. The first kappa shape index (κ1) is 32.5. The summed E-state index contributed by atoms with van der Waals surface area (Å²) in [7, 11) is 1.60. The number of hydrogen-bond acceptors (Lipinski definition) is 6. The Morgan fingerprint density at radius 2 is 1.72 bits per heavy atom. The SMILES string of the molecule is COc1cccc(Nc2c(C(N)=O)cnc3c(C)cc(CCc4cccc(C(=O)Nc5ccc(C#CCCC=O)c(C)c5)c4)cc23)c1. The number of aldehydes is 1. The Balaban J connectivity index is 1.34. The number of nitrogens with one attached hydrogen (secondary N) is 2. The van der Waals surface area contributed by atoms with Gasteiger partial charge in [0.2, 0.25) is 0 Å². The molecule has 0 aliphatic rings. The first-order valence-electron chi connectivity index (χ1n) is 15.3. The van der Waals surface area contributed by atoms with Crippen LogP contribution in [0.15, 0.2) is 85.1 Å². The summed E-state index contributed by atoms with van der Waals surface area (Å²) in [6.07, 6.45) is 4.71. The van der Waals surface area contributed by atoms with Crippen molar-refractivity contribution in [3.8, 4) is 17.6 Å². The van der Waals surface area contributed by atoms with Gasteiger partial charge >= 0.3 is 0 Å². The molecule has 0 fully saturated rings. The highest BCUT2D eigenvalue weighted by Crippen LogP contribution is 2.33. The molecule has 0 bridgehead atoms. The molecule has 5 aromatic rings. The maximum Gasteiger partial charge on any atom is 0.255 e. The summed E-state index contributed by atoms with van der Waals surface area (Å²) in [5.41, 5.74) is 14.3. The summed E-state index contributed by atoms with van der Waals surface area (Å²) in [4.78, 5) is 40.6. The van der Waals surface area contributed by atoms with Gasteiger partial charge in [0.25, 0.3) is 11.8 Å². The third kappa shape index (κ3) is 8.02. The van der Waals surface area contributed by atoms with Gasteiger partial charge in [-0.05, 0) is 97.5 Å². The second-order valence-corrected chi connectivity index (χ2v) is 11.3. The van der Waals surface area contributed by atoms with E-state index in [-0.39, 0.29) is 5.91 Å². The average molecular weight is 625 g/mol. The fourth-order valence-electron chi connectivity index (χ4n) is 5.40. The van der Waals surface area contributed by atoms with E-state index in [4.69, 9.17) is 10.5 Å². The van der Waals surface area contributed by atoms with E-state index in [1.807, 2.05) is 80.6 Å². The van der Waals surface area contributed by atoms with Gasteiger partial charge in [0.05, 0.1) is 23.9 Å². The molecule has 0 unspecified atom stereocenters. The third-order valence-corrected chi connectivity index (χ3v) is 7.81. The van der Waals surface area contributed by atoms with E-state index in [1.54, 1.807) is 13.2 Å². The number of benzene rings is 4. The van der Waals surface area contributed by atoms with Crippen LogP contribution in [0, 0.1) is 25.7 Å². The molecule has 0 spiro atoms. The second-order valence-electron chi connectivity index (χ2n) is 11.3. The zero-order valence-electron chi connectivity index (χ0n) is 26.6. The summed E-state index contributed by atoms with van der Waals surface area (Å²) < 4.78 is 5.37. The number of ether oxygens (including phenoxy) is 1. The van der Waals surface area contributed by atoms with E-state index in [0.717, 1.165) is 50.7 Å². The predicted octanol–water partition coefficient (Wildman–Crippen LogP) is 7.07. The minimum absolute atomic E-state index is 0.198. The molecule has 2 amide bonds. The van der Waals surface area contributed by atoms with Crippen molar-refractivity contribution < 1.29 is 19.1 Å². The zero-order chi connectivity index (χ0) is 33.3. The lowest BCUT2D eigenvalue weighted by Crippen LogP contribution is -2.14. The normalized spacial score (nSPS) is 10.5. The molecular weight excluding hydrogens is 588 g/mol. The number of aryl methyl sites for hydroxylation is 4. The number of nitrogens with two attached hydrogens (primary N) is 1. The summed E-state index contributed by atoms with van der Waals surface area (Å²) >= 11 is 0. The van der Waals surface area contributed by atoms with Crippen molar-refractivity contribution in [1.29, 1.82) is 0 Å². The number of rotatable bonds is 11. The molecule has 236 valence electrons. The van der Waals surface area contributed by atoms with Crippen LogP contribution in [0.4, 0.5) is 17.1 Å². The van der Waals surface area contributed by atoms with Gasteiger partial charge in [-0.3, -0.25) is 14.6 Å². The lowest BCUT2D eigenvalue weighted by molar-refractivity contribution is -0.107. The molecule has 0 saturated carbocycles. The van der Waals surface area contributed by atoms with Gasteiger partial charge in [-0.2, -0.15) is 0 Å². The van der Waals surface area contributed by atoms with Crippen LogP contribution in [0.3, 0.4) is 0 Å². The van der Waals surface area contributed by atoms with Crippen molar-refractivity contribution in [2.24, 2.45) is 5.73 Å². The molecular formula is C39H36N4O4. The summed E-state index contributed by atoms with van der Waals surface area (Å²) in [6, 6.07) is 24.8. The van der Waals surface area contributed by atoms with E-state index in [2.05, 4.69) is 33.5 Å². The lowest BCUT2D eigenvalue weighted by Gasteiger charge is -2.16. The van der Waals surface area contributed by atoms with E-state index in [9.17, 15) is 14.4 Å². The van der Waals surface area contributed by atoms with Gasteiger partial charge in [0, 0.05) is 53.0 Å². The third-order valence-electron chi connectivity index (χ3n) is 7.81. The smallest absolute Gasteiger partial charge is 0.255 e. The molecule has 47 heavy (non-hydrogen) atoms. The number of nitrogens with zero attached hydrogens (tertiary/aromatic N) is 1. The van der Waals surface area contributed by atoms with Crippen LogP contribution in [0.1, 0.15) is 61.4 Å². The van der Waals surface area contributed by atoms with Crippen LogP contribution < -0.4 is 21.1 Å². The van der Waals surface area contributed by atoms with Crippen molar-refractivity contribution in [2.75, 3.05) is 17.7 Å². The molecule has 8 heteroatoms. The number of aromatic nitrogens is 1. The van der Waals surface area contributed by atoms with Gasteiger partial charge in [-0.15, -0.1) is 0 Å². The summed E-state index contributed by atoms with van der Waals surface area (Å²) in [5.74, 6) is 5.99. The van der Waals surface area contributed by atoms with Crippen LogP contribution in [0.5, 0.6) is 5.75 Å². The average Bonchev–Trinajstić information content (AvgIpc) is 3.07. The number of methoxy groups -OCH3 is 1. The lowest BCUT2D eigenvalue weighted by atomic mass is 9.97. The minimum atomic E-state index is -0.575. The van der Waals surface area contributed by atoms with Crippen molar-refractivity contribution in [1.82, 2.24) is 4.98 Å². The van der Waals surface area contributed by atoms with E-state index in [1.165, 1.54) is 6.20 Å². The molecule has 0 atom stereocenters. The van der Waals surface area contributed by atoms with Gasteiger partial charge in [0.1, 0.15) is 12.0 Å². The Bertz CT molecular complexity index is 2040. The van der Waals surface area contributed by atoms with Crippen LogP contribution in [-0.2, 0) is 17.6 Å². The number of carbonyl (C=O) groups excluding carboxylic acids is 3. The highest BCUT2D eigenvalue weighted by atomic mass is 16.5. The largest absolute Gasteiger partial charge is 0.497 e. The number of anilines is 3. The van der Waals surface area contributed by atoms with E-state index >= 15 is 0 Å². The number of carbonyl (C=O) groups is 3. The Labute approximate surface area is 274 Å². The molecule has 5 rings (SSSR count). The predicted molar refractivity (Wildman–Crippen MR) is 186 cm³/mol. The van der Waals surface area contributed by atoms with Crippen molar-refractivity contribution in [2.45, 2.75) is 39.5 Å². The Hall–Kier alpha value is -5.94. The first-order chi connectivity index (χ1) is 22.7. The second kappa shape index (κ2) is 14.9. The maximum absolute atomic E-state index is 13.2. The summed E-state index contributed by atoms with van der Waals surface area (Å²) in [5, 5.41) is 7.15. The van der Waals surface area contributed by atoms with Crippen molar-refractivity contribution >= 4 is 46.1 Å². The minimum Gasteiger partial charge on any atom is -0.497 e. The zero-order valence-corrected chi connectivity index (χ0v) is 26.6. The number of unbranched alkanes of at least 4 members (excludes halogenated alkanes) is 1. The standard InChI is InChI=1S/C39H36N4O4/c1-25-20-32(17-16-29(25)10-5-4-6-18-44)43-39(46)30-11-7-9-27(21-30)14-15-28-19-26(2)36-34(22-28)37(35(24-41-36)38(40)45)42-31-12-8-13-33(23-31)47-3/h7-9,11-13,16-24H,4,6,14-15H2,1-3H3,(H2,40,45)(H,41,42)(H,43,46). The molecule has 1 heterocycles. The van der Waals surface area contributed by atoms with Gasteiger partial charge in [-0.25, -0.2) is 0 Å². The molecule has 0 aliphatic carbocycles. The Kier molecular flexibility index (Phi) is 10.3. The van der Waals surface area contributed by atoms with Crippen molar-refractivity contribution in [3.05, 3.63) is 124 Å². The van der Waals surface area contributed by atoms with Crippen LogP contribution in [0.2, 0.25) is 0 Å². The van der Waals surface area contributed by atoms with Gasteiger partial charge in [0.15, 0.2) is 0 Å². The first-order valence-corrected chi connectivity index (χ1v) is 15.3. The number of amides is 2. The number of primary amides is 1. The molecule has 0 radical (unpaired) electrons. The van der Waals surface area contributed by atoms with Crippen molar-refractivity contribution in [3.63, 3.8) is 0 Å². The number of hydrogen-bond donors (Lipinski definition) is 3. The van der Waals surface area contributed by atoms with Gasteiger partial charge < -0.3 is 25.9 Å². The fraction of sp³-hybridized carbons (Fsp3) is 0.179. The molecule has 4 aromatic carbocycles. The Morgan fingerprint density at radius 3 is 2.49 bits per heavy atom. The fourth-order valence-corrected chi connectivity index (χ4v) is 5.40. The number of fused-ring (bicyclic) bond motifs is 1. The van der Waals surface area contributed by atoms with Crippen LogP contribution in [-0.4, -0.2) is 30.2 Å². The van der Waals surface area contributed by atoms with Gasteiger partial charge in [-0.1, -0.05) is 36.1 Å². The van der Waals surface area contributed by atoms with Crippen LogP contribution >= 0.6 is 0 Å². The number of pyridine rings is 1. The van der Waals surface area contributed by atoms with E-state index in [0.29, 0.717) is 53.9 Å². The molecule has 8 nitrogen and oxygen atoms in total. The van der Waals surface area contributed by atoms with Crippen LogP contribution in [0.25, 0.3) is 10.9 Å². The summed E-state index contributed by atoms with van der Waals surface area (Å²) in [6.45, 7) is 3.94. The highest BCUT2D eigenvalue weighted by molar-refractivity contribution is 6.08. The van der Waals surface area contributed by atoms with E-state index < -0.39 is 5.91 Å².